The molecule has 0 radical (unpaired) electrons. The highest BCUT2D eigenvalue weighted by atomic mass is 32.2. The van der Waals surface area contributed by atoms with Crippen LogP contribution in [0.1, 0.15) is 13.8 Å². The molecule has 0 atom stereocenters. The van der Waals surface area contributed by atoms with Gasteiger partial charge in [0.2, 0.25) is 0 Å². The van der Waals surface area contributed by atoms with Crippen LogP contribution in [-0.2, 0) is 9.53 Å². The summed E-state index contributed by atoms with van der Waals surface area (Å²) in [6, 6.07) is 0. The summed E-state index contributed by atoms with van der Waals surface area (Å²) in [6.45, 7) is 7.50. The minimum absolute atomic E-state index is 0.135. The first-order chi connectivity index (χ1) is 6.24. The lowest BCUT2D eigenvalue weighted by Crippen LogP contribution is -2.25. The summed E-state index contributed by atoms with van der Waals surface area (Å²) in [6.07, 6.45) is 0. The van der Waals surface area contributed by atoms with E-state index in [1.54, 1.807) is 11.8 Å². The van der Waals surface area contributed by atoms with Gasteiger partial charge in [-0.25, -0.2) is 0 Å². The summed E-state index contributed by atoms with van der Waals surface area (Å²) in [5, 5.41) is 0. The second kappa shape index (κ2) is 8.38. The van der Waals surface area contributed by atoms with Crippen LogP contribution in [0.25, 0.3) is 0 Å². The van der Waals surface area contributed by atoms with Gasteiger partial charge >= 0.3 is 5.97 Å². The van der Waals surface area contributed by atoms with Gasteiger partial charge in [-0.05, 0) is 13.1 Å². The number of methoxy groups -OCH3 is 1. The Bertz CT molecular complexity index is 138. The summed E-state index contributed by atoms with van der Waals surface area (Å²) in [4.78, 5) is 13.1. The van der Waals surface area contributed by atoms with Gasteiger partial charge in [0.05, 0.1) is 12.9 Å². The van der Waals surface area contributed by atoms with E-state index >= 15 is 0 Å². The van der Waals surface area contributed by atoms with Crippen molar-refractivity contribution in [1.82, 2.24) is 4.90 Å². The number of carbonyl (C=O) groups excluding carboxylic acids is 1. The Morgan fingerprint density at radius 2 is 2.00 bits per heavy atom. The van der Waals surface area contributed by atoms with Gasteiger partial charge in [-0.15, -0.1) is 11.8 Å². The SMILES string of the molecule is CCN(CC)CCSCC(=O)OC. The summed E-state index contributed by atoms with van der Waals surface area (Å²) < 4.78 is 4.54. The van der Waals surface area contributed by atoms with E-state index in [0.717, 1.165) is 25.4 Å². The van der Waals surface area contributed by atoms with Crippen molar-refractivity contribution >= 4 is 17.7 Å². The molecule has 0 aliphatic carbocycles. The van der Waals surface area contributed by atoms with E-state index in [2.05, 4.69) is 23.5 Å². The molecular formula is C9H19NO2S. The van der Waals surface area contributed by atoms with E-state index in [-0.39, 0.29) is 5.97 Å². The van der Waals surface area contributed by atoms with Gasteiger partial charge in [0.15, 0.2) is 0 Å². The standard InChI is InChI=1S/C9H19NO2S/c1-4-10(5-2)6-7-13-8-9(11)12-3/h4-8H2,1-3H3. The maximum atomic E-state index is 10.7. The Labute approximate surface area is 84.8 Å². The zero-order valence-electron chi connectivity index (χ0n) is 8.71. The van der Waals surface area contributed by atoms with Crippen molar-refractivity contribution in [3.8, 4) is 0 Å². The molecule has 0 aliphatic heterocycles. The quantitative estimate of drug-likeness (QED) is 0.462. The molecule has 0 unspecified atom stereocenters. The number of carbonyl (C=O) groups is 1. The van der Waals surface area contributed by atoms with E-state index in [9.17, 15) is 4.79 Å². The molecule has 0 saturated heterocycles. The molecule has 0 N–H and O–H groups in total. The molecule has 0 saturated carbocycles. The van der Waals surface area contributed by atoms with E-state index in [1.807, 2.05) is 0 Å². The molecule has 4 heteroatoms. The molecule has 0 aliphatic rings. The highest BCUT2D eigenvalue weighted by molar-refractivity contribution is 7.99. The molecule has 0 amide bonds. The minimum Gasteiger partial charge on any atom is -0.468 e. The molecule has 0 heterocycles. The molecule has 0 rings (SSSR count). The van der Waals surface area contributed by atoms with E-state index in [4.69, 9.17) is 0 Å². The largest absolute Gasteiger partial charge is 0.468 e. The molecule has 0 aromatic carbocycles. The van der Waals surface area contributed by atoms with Crippen molar-refractivity contribution in [2.75, 3.05) is 38.2 Å². The second-order valence-electron chi connectivity index (χ2n) is 2.66. The third-order valence-electron chi connectivity index (χ3n) is 1.89. The van der Waals surface area contributed by atoms with E-state index < -0.39 is 0 Å². The van der Waals surface area contributed by atoms with Crippen molar-refractivity contribution in [2.24, 2.45) is 0 Å². The average molecular weight is 205 g/mol. The fraction of sp³-hybridized carbons (Fsp3) is 0.889. The Balaban J connectivity index is 3.28. The minimum atomic E-state index is -0.135. The van der Waals surface area contributed by atoms with Crippen molar-refractivity contribution in [3.05, 3.63) is 0 Å². The number of thioether (sulfide) groups is 1. The van der Waals surface area contributed by atoms with Crippen molar-refractivity contribution in [2.45, 2.75) is 13.8 Å². The van der Waals surface area contributed by atoms with Crippen LogP contribution < -0.4 is 0 Å². The highest BCUT2D eigenvalue weighted by Crippen LogP contribution is 2.01. The first-order valence-corrected chi connectivity index (χ1v) is 5.76. The monoisotopic (exact) mass is 205 g/mol. The number of hydrogen-bond donors (Lipinski definition) is 0. The lowest BCUT2D eigenvalue weighted by atomic mass is 10.5. The van der Waals surface area contributed by atoms with Gasteiger partial charge in [0.1, 0.15) is 0 Å². The molecule has 13 heavy (non-hydrogen) atoms. The van der Waals surface area contributed by atoms with Crippen molar-refractivity contribution in [3.63, 3.8) is 0 Å². The number of ether oxygens (including phenoxy) is 1. The van der Waals surface area contributed by atoms with Crippen LogP contribution in [0.2, 0.25) is 0 Å². The van der Waals surface area contributed by atoms with Crippen LogP contribution >= 0.6 is 11.8 Å². The molecule has 0 aromatic rings. The second-order valence-corrected chi connectivity index (χ2v) is 3.76. The lowest BCUT2D eigenvalue weighted by molar-refractivity contribution is -0.137. The van der Waals surface area contributed by atoms with Crippen LogP contribution in [0.4, 0.5) is 0 Å². The van der Waals surface area contributed by atoms with Gasteiger partial charge in [-0.2, -0.15) is 0 Å². The molecule has 78 valence electrons. The summed E-state index contributed by atoms with van der Waals surface area (Å²) in [7, 11) is 1.42. The third kappa shape index (κ3) is 6.90. The van der Waals surface area contributed by atoms with Gasteiger partial charge < -0.3 is 9.64 Å². The molecule has 0 spiro atoms. The zero-order valence-corrected chi connectivity index (χ0v) is 9.52. The molecule has 0 aromatic heterocycles. The van der Waals surface area contributed by atoms with Crippen LogP contribution in [0.15, 0.2) is 0 Å². The van der Waals surface area contributed by atoms with Crippen molar-refractivity contribution in [1.29, 1.82) is 0 Å². The first kappa shape index (κ1) is 12.8. The summed E-state index contributed by atoms with van der Waals surface area (Å²) in [5.74, 6) is 1.33. The van der Waals surface area contributed by atoms with Crippen LogP contribution in [0, 0.1) is 0 Å². The number of nitrogens with zero attached hydrogens (tertiary/aromatic N) is 1. The smallest absolute Gasteiger partial charge is 0.315 e. The Kier molecular flexibility index (Phi) is 8.24. The van der Waals surface area contributed by atoms with E-state index in [1.165, 1.54) is 7.11 Å². The Morgan fingerprint density at radius 3 is 2.46 bits per heavy atom. The van der Waals surface area contributed by atoms with E-state index in [0.29, 0.717) is 5.75 Å². The highest BCUT2D eigenvalue weighted by Gasteiger charge is 2.01. The maximum absolute atomic E-state index is 10.7. The maximum Gasteiger partial charge on any atom is 0.315 e. The van der Waals surface area contributed by atoms with Crippen molar-refractivity contribution < 1.29 is 9.53 Å². The first-order valence-electron chi connectivity index (χ1n) is 4.61. The number of hydrogen-bond acceptors (Lipinski definition) is 4. The van der Waals surface area contributed by atoms with Gasteiger partial charge in [-0.3, -0.25) is 4.79 Å². The molecule has 0 bridgehead atoms. The normalized spacial score (nSPS) is 10.5. The number of esters is 1. The Hall–Kier alpha value is -0.220. The molecule has 3 nitrogen and oxygen atoms in total. The fourth-order valence-electron chi connectivity index (χ4n) is 0.948. The topological polar surface area (TPSA) is 29.5 Å². The van der Waals surface area contributed by atoms with Crippen LogP contribution in [0.3, 0.4) is 0 Å². The van der Waals surface area contributed by atoms with Crippen LogP contribution in [-0.4, -0.2) is 49.1 Å². The predicted molar refractivity (Wildman–Crippen MR) is 57.1 cm³/mol. The molecular weight excluding hydrogens is 186 g/mol. The third-order valence-corrected chi connectivity index (χ3v) is 2.80. The van der Waals surface area contributed by atoms with Crippen LogP contribution in [0.5, 0.6) is 0 Å². The van der Waals surface area contributed by atoms with Gasteiger partial charge in [0.25, 0.3) is 0 Å². The zero-order chi connectivity index (χ0) is 10.1. The fourth-order valence-corrected chi connectivity index (χ4v) is 1.76. The summed E-state index contributed by atoms with van der Waals surface area (Å²) in [5.41, 5.74) is 0. The number of rotatable bonds is 7. The Morgan fingerprint density at radius 1 is 1.38 bits per heavy atom. The lowest BCUT2D eigenvalue weighted by Gasteiger charge is -2.16. The molecule has 0 fully saturated rings. The predicted octanol–water partition coefficient (Wildman–Crippen LogP) is 1.23. The summed E-state index contributed by atoms with van der Waals surface area (Å²) >= 11 is 1.63. The average Bonchev–Trinajstić information content (AvgIpc) is 2.18. The van der Waals surface area contributed by atoms with Gasteiger partial charge in [0, 0.05) is 12.3 Å². The van der Waals surface area contributed by atoms with Gasteiger partial charge in [-0.1, -0.05) is 13.8 Å².